The molecule has 0 bridgehead atoms. The summed E-state index contributed by atoms with van der Waals surface area (Å²) < 4.78 is 5.35. The maximum atomic E-state index is 11.6. The van der Waals surface area contributed by atoms with E-state index in [0.717, 1.165) is 16.2 Å². The molecule has 0 amide bonds. The molecule has 2 aromatic rings. The van der Waals surface area contributed by atoms with Gasteiger partial charge in [0.1, 0.15) is 4.88 Å². The lowest BCUT2D eigenvalue weighted by atomic mass is 10.3. The topological polar surface area (TPSA) is 68.3 Å². The zero-order valence-electron chi connectivity index (χ0n) is 11.6. The fraction of sp³-hybridized carbons (Fsp3) is 0.308. The summed E-state index contributed by atoms with van der Waals surface area (Å²) in [6, 6.07) is 3.72. The second-order valence-electron chi connectivity index (χ2n) is 4.25. The van der Waals surface area contributed by atoms with Crippen LogP contribution in [0.4, 0.5) is 5.13 Å². The van der Waals surface area contributed by atoms with Crippen molar-refractivity contribution in [1.29, 1.82) is 0 Å². The number of hydrogen-bond acceptors (Lipinski definition) is 7. The van der Waals surface area contributed by atoms with Crippen LogP contribution in [0.5, 0.6) is 0 Å². The summed E-state index contributed by atoms with van der Waals surface area (Å²) in [5.41, 5.74) is 0.0499. The maximum Gasteiger partial charge on any atom is 0.358 e. The molecule has 0 spiro atoms. The molecule has 0 aliphatic heterocycles. The monoisotopic (exact) mass is 344 g/mol. The molecule has 1 atom stereocenters. The van der Waals surface area contributed by atoms with Gasteiger partial charge in [0.15, 0.2) is 16.6 Å². The molecular formula is C13H13ClN2O3S2. The molecule has 2 rings (SSSR count). The molecule has 21 heavy (non-hydrogen) atoms. The summed E-state index contributed by atoms with van der Waals surface area (Å²) in [6.07, 6.45) is 0. The summed E-state index contributed by atoms with van der Waals surface area (Å²) in [5.74, 6) is -0.830. The number of nitrogens with zero attached hydrogens (tertiary/aromatic N) is 1. The zero-order valence-corrected chi connectivity index (χ0v) is 14.0. The highest BCUT2D eigenvalue weighted by Gasteiger charge is 2.22. The Morgan fingerprint density at radius 2 is 2.10 bits per heavy atom. The average Bonchev–Trinajstić information content (AvgIpc) is 3.04. The van der Waals surface area contributed by atoms with Gasteiger partial charge < -0.3 is 10.1 Å². The van der Waals surface area contributed by atoms with E-state index in [0.29, 0.717) is 14.3 Å². The number of ketones is 1. The number of halogens is 1. The number of carbonyl (C=O) groups excluding carboxylic acids is 2. The van der Waals surface area contributed by atoms with E-state index in [1.54, 1.807) is 0 Å². The molecule has 0 fully saturated rings. The second-order valence-corrected chi connectivity index (χ2v) is 7.00. The molecule has 0 radical (unpaired) electrons. The van der Waals surface area contributed by atoms with Crippen molar-refractivity contribution in [2.45, 2.75) is 19.9 Å². The highest BCUT2D eigenvalue weighted by Crippen LogP contribution is 2.31. The molecule has 2 heterocycles. The van der Waals surface area contributed by atoms with Gasteiger partial charge in [0, 0.05) is 11.8 Å². The number of nitrogens with one attached hydrogen (secondary N) is 1. The van der Waals surface area contributed by atoms with Crippen molar-refractivity contribution in [2.24, 2.45) is 0 Å². The van der Waals surface area contributed by atoms with Gasteiger partial charge in [0.05, 0.1) is 17.5 Å². The van der Waals surface area contributed by atoms with Crippen LogP contribution in [0.2, 0.25) is 4.34 Å². The van der Waals surface area contributed by atoms with E-state index in [1.807, 2.05) is 19.1 Å². The van der Waals surface area contributed by atoms with E-state index in [2.05, 4.69) is 15.0 Å². The normalized spacial score (nSPS) is 12.0. The highest BCUT2D eigenvalue weighted by atomic mass is 35.5. The number of aromatic nitrogens is 1. The van der Waals surface area contributed by atoms with Crippen LogP contribution < -0.4 is 5.32 Å². The molecule has 0 aliphatic carbocycles. The minimum atomic E-state index is -0.615. The first-order valence-corrected chi connectivity index (χ1v) is 8.05. The molecule has 0 aliphatic rings. The largest absolute Gasteiger partial charge is 0.464 e. The molecule has 0 aromatic carbocycles. The van der Waals surface area contributed by atoms with E-state index >= 15 is 0 Å². The third-order valence-electron chi connectivity index (χ3n) is 2.69. The summed E-state index contributed by atoms with van der Waals surface area (Å²) in [4.78, 5) is 28.7. The summed E-state index contributed by atoms with van der Waals surface area (Å²) >= 11 is 8.52. The first kappa shape index (κ1) is 15.9. The minimum absolute atomic E-state index is 0.0287. The van der Waals surface area contributed by atoms with Gasteiger partial charge in [0.25, 0.3) is 0 Å². The van der Waals surface area contributed by atoms with Crippen LogP contribution in [0.1, 0.15) is 44.9 Å². The third-order valence-corrected chi connectivity index (χ3v) is 5.19. The Hall–Kier alpha value is -1.44. The van der Waals surface area contributed by atoms with Crippen LogP contribution in [0.3, 0.4) is 0 Å². The molecule has 1 unspecified atom stereocenters. The van der Waals surface area contributed by atoms with Crippen molar-refractivity contribution in [3.05, 3.63) is 31.9 Å². The molecule has 8 heteroatoms. The van der Waals surface area contributed by atoms with E-state index in [-0.39, 0.29) is 17.5 Å². The fourth-order valence-corrected chi connectivity index (χ4v) is 3.67. The maximum absolute atomic E-state index is 11.6. The predicted octanol–water partition coefficient (Wildman–Crippen LogP) is 4.02. The number of thiophene rings is 1. The van der Waals surface area contributed by atoms with Crippen molar-refractivity contribution in [1.82, 2.24) is 4.98 Å². The molecular weight excluding hydrogens is 332 g/mol. The Balaban J connectivity index is 2.24. The number of rotatable bonds is 5. The summed E-state index contributed by atoms with van der Waals surface area (Å²) in [5, 5.41) is 3.66. The lowest BCUT2D eigenvalue weighted by molar-refractivity contribution is 0.0591. The van der Waals surface area contributed by atoms with Crippen LogP contribution in [-0.2, 0) is 4.74 Å². The number of hydrogen-bond donors (Lipinski definition) is 1. The van der Waals surface area contributed by atoms with Crippen LogP contribution >= 0.6 is 34.3 Å². The Morgan fingerprint density at radius 1 is 1.38 bits per heavy atom. The number of ether oxygens (including phenoxy) is 1. The van der Waals surface area contributed by atoms with Crippen molar-refractivity contribution < 1.29 is 14.3 Å². The average molecular weight is 345 g/mol. The van der Waals surface area contributed by atoms with Crippen molar-refractivity contribution >= 4 is 51.2 Å². The van der Waals surface area contributed by atoms with Crippen LogP contribution in [0.25, 0.3) is 0 Å². The van der Waals surface area contributed by atoms with Gasteiger partial charge in [-0.05, 0) is 19.1 Å². The first-order valence-electron chi connectivity index (χ1n) is 6.04. The zero-order chi connectivity index (χ0) is 15.6. The third kappa shape index (κ3) is 3.61. The lowest BCUT2D eigenvalue weighted by Gasteiger charge is -2.10. The molecule has 0 saturated carbocycles. The number of carbonyl (C=O) groups is 2. The Kier molecular flexibility index (Phi) is 4.97. The van der Waals surface area contributed by atoms with Gasteiger partial charge in [-0.1, -0.05) is 22.9 Å². The number of esters is 1. The smallest absolute Gasteiger partial charge is 0.358 e. The highest BCUT2D eigenvalue weighted by molar-refractivity contribution is 7.18. The lowest BCUT2D eigenvalue weighted by Crippen LogP contribution is -2.08. The van der Waals surface area contributed by atoms with Crippen LogP contribution in [0.15, 0.2) is 12.1 Å². The van der Waals surface area contributed by atoms with Gasteiger partial charge in [-0.25, -0.2) is 9.78 Å². The van der Waals surface area contributed by atoms with Gasteiger partial charge in [-0.3, -0.25) is 4.79 Å². The fourth-order valence-electron chi connectivity index (χ4n) is 1.67. The second kappa shape index (κ2) is 6.55. The van der Waals surface area contributed by atoms with Crippen molar-refractivity contribution in [3.8, 4) is 0 Å². The standard InChI is InChI=1S/C13H13ClN2O3S2/c1-6(8-4-5-9(14)20-8)15-13-16-10(12(18)19-3)11(21-13)7(2)17/h4-6H,1-3H3,(H,15,16). The summed E-state index contributed by atoms with van der Waals surface area (Å²) in [7, 11) is 1.26. The molecule has 0 saturated heterocycles. The quantitative estimate of drug-likeness (QED) is 0.655. The van der Waals surface area contributed by atoms with E-state index in [9.17, 15) is 9.59 Å². The predicted molar refractivity (Wildman–Crippen MR) is 84.8 cm³/mol. The number of methoxy groups -OCH3 is 1. The van der Waals surface area contributed by atoms with Crippen molar-refractivity contribution in [3.63, 3.8) is 0 Å². The van der Waals surface area contributed by atoms with Crippen LogP contribution in [0, 0.1) is 0 Å². The Bertz CT molecular complexity index is 681. The van der Waals surface area contributed by atoms with Crippen LogP contribution in [-0.4, -0.2) is 23.8 Å². The van der Waals surface area contributed by atoms with E-state index in [4.69, 9.17) is 11.6 Å². The summed E-state index contributed by atoms with van der Waals surface area (Å²) in [6.45, 7) is 3.35. The minimum Gasteiger partial charge on any atom is -0.464 e. The SMILES string of the molecule is COC(=O)c1nc(NC(C)c2ccc(Cl)s2)sc1C(C)=O. The number of thiazole rings is 1. The van der Waals surface area contributed by atoms with E-state index < -0.39 is 5.97 Å². The molecule has 1 N–H and O–H groups in total. The van der Waals surface area contributed by atoms with E-state index in [1.165, 1.54) is 25.4 Å². The van der Waals surface area contributed by atoms with Gasteiger partial charge >= 0.3 is 5.97 Å². The Labute approximate surface area is 134 Å². The van der Waals surface area contributed by atoms with Crippen molar-refractivity contribution in [2.75, 3.05) is 12.4 Å². The number of Topliss-reactive ketones (excluding diaryl/α,β-unsaturated/α-hetero) is 1. The molecule has 112 valence electrons. The van der Waals surface area contributed by atoms with Gasteiger partial charge in [-0.2, -0.15) is 0 Å². The van der Waals surface area contributed by atoms with Gasteiger partial charge in [-0.15, -0.1) is 11.3 Å². The Morgan fingerprint density at radius 3 is 2.62 bits per heavy atom. The molecule has 2 aromatic heterocycles. The number of anilines is 1. The molecule has 5 nitrogen and oxygen atoms in total. The van der Waals surface area contributed by atoms with Gasteiger partial charge in [0.2, 0.25) is 0 Å². The first-order chi connectivity index (χ1) is 9.92.